The van der Waals surface area contributed by atoms with E-state index in [1.807, 2.05) is 0 Å². The van der Waals surface area contributed by atoms with E-state index in [1.54, 1.807) is 0 Å². The van der Waals surface area contributed by atoms with Crippen molar-refractivity contribution in [3.05, 3.63) is 64.7 Å². The molecule has 3 rings (SSSR count). The van der Waals surface area contributed by atoms with Crippen molar-refractivity contribution >= 4 is 5.69 Å². The van der Waals surface area contributed by atoms with Crippen molar-refractivity contribution in [1.82, 2.24) is 0 Å². The number of hydrogen-bond donors (Lipinski definition) is 1. The van der Waals surface area contributed by atoms with Crippen molar-refractivity contribution in [3.63, 3.8) is 0 Å². The first-order chi connectivity index (χ1) is 9.97. The molecule has 0 saturated carbocycles. The largest absolute Gasteiger partial charge is 0.378 e. The molecule has 0 aromatic heterocycles. The summed E-state index contributed by atoms with van der Waals surface area (Å²) in [5.41, 5.74) is 7.20. The minimum atomic E-state index is 0.223. The SMILES string of the molecule is CCc1ccc2c(c1)CC(c1ccc(C(C)(C)C)cc1)N2. The summed E-state index contributed by atoms with van der Waals surface area (Å²) in [7, 11) is 0. The Balaban J connectivity index is 1.81. The smallest absolute Gasteiger partial charge is 0.0555 e. The second-order valence-electron chi connectivity index (χ2n) is 7.12. The molecule has 1 aliphatic rings. The first-order valence-corrected chi connectivity index (χ1v) is 7.96. The predicted octanol–water partition coefficient (Wildman–Crippen LogP) is 5.26. The van der Waals surface area contributed by atoms with Crippen LogP contribution in [-0.2, 0) is 18.3 Å². The average Bonchev–Trinajstić information content (AvgIpc) is 2.89. The van der Waals surface area contributed by atoms with Gasteiger partial charge in [-0.25, -0.2) is 0 Å². The lowest BCUT2D eigenvalue weighted by atomic mass is 9.86. The molecule has 0 radical (unpaired) electrons. The molecule has 2 aromatic carbocycles. The summed E-state index contributed by atoms with van der Waals surface area (Å²) in [6.07, 6.45) is 2.20. The van der Waals surface area contributed by atoms with Gasteiger partial charge < -0.3 is 5.32 Å². The zero-order valence-corrected chi connectivity index (χ0v) is 13.5. The van der Waals surface area contributed by atoms with Crippen molar-refractivity contribution in [2.75, 3.05) is 5.32 Å². The summed E-state index contributed by atoms with van der Waals surface area (Å²) >= 11 is 0. The van der Waals surface area contributed by atoms with Crippen LogP contribution in [0.4, 0.5) is 5.69 Å². The number of anilines is 1. The van der Waals surface area contributed by atoms with Crippen molar-refractivity contribution in [3.8, 4) is 0 Å². The Morgan fingerprint density at radius 3 is 2.38 bits per heavy atom. The molecule has 0 spiro atoms. The molecule has 0 fully saturated rings. The lowest BCUT2D eigenvalue weighted by Crippen LogP contribution is -2.12. The number of rotatable bonds is 2. The third-order valence-electron chi connectivity index (χ3n) is 4.51. The number of fused-ring (bicyclic) bond motifs is 1. The Bertz CT molecular complexity index is 632. The Hall–Kier alpha value is -1.76. The second-order valence-corrected chi connectivity index (χ2v) is 7.12. The van der Waals surface area contributed by atoms with Crippen LogP contribution < -0.4 is 5.32 Å². The second kappa shape index (κ2) is 5.22. The van der Waals surface area contributed by atoms with Crippen LogP contribution in [0.3, 0.4) is 0 Å². The van der Waals surface area contributed by atoms with E-state index in [4.69, 9.17) is 0 Å². The van der Waals surface area contributed by atoms with Gasteiger partial charge in [0.2, 0.25) is 0 Å². The van der Waals surface area contributed by atoms with Gasteiger partial charge in [0.15, 0.2) is 0 Å². The number of nitrogens with one attached hydrogen (secondary N) is 1. The average molecular weight is 279 g/mol. The Labute approximate surface area is 128 Å². The standard InChI is InChI=1S/C20H25N/c1-5-14-6-11-18-16(12-14)13-19(21-18)15-7-9-17(10-8-15)20(2,3)4/h6-12,19,21H,5,13H2,1-4H3. The van der Waals surface area contributed by atoms with E-state index in [0.29, 0.717) is 6.04 Å². The third kappa shape index (κ3) is 2.83. The van der Waals surface area contributed by atoms with Crippen LogP contribution in [0.1, 0.15) is 56.0 Å². The highest BCUT2D eigenvalue weighted by atomic mass is 14.9. The molecule has 21 heavy (non-hydrogen) atoms. The third-order valence-corrected chi connectivity index (χ3v) is 4.51. The van der Waals surface area contributed by atoms with Crippen molar-refractivity contribution < 1.29 is 0 Å². The quantitative estimate of drug-likeness (QED) is 0.791. The maximum absolute atomic E-state index is 3.66. The van der Waals surface area contributed by atoms with E-state index in [9.17, 15) is 0 Å². The highest BCUT2D eigenvalue weighted by Gasteiger charge is 2.22. The van der Waals surface area contributed by atoms with Crippen LogP contribution in [0.2, 0.25) is 0 Å². The molecule has 1 N–H and O–H groups in total. The van der Waals surface area contributed by atoms with Gasteiger partial charge in [0.05, 0.1) is 6.04 Å². The maximum Gasteiger partial charge on any atom is 0.0555 e. The number of aryl methyl sites for hydroxylation is 1. The van der Waals surface area contributed by atoms with Crippen LogP contribution in [0.5, 0.6) is 0 Å². The highest BCUT2D eigenvalue weighted by Crippen LogP contribution is 2.35. The first-order valence-electron chi connectivity index (χ1n) is 7.96. The van der Waals surface area contributed by atoms with Gasteiger partial charge in [-0.3, -0.25) is 0 Å². The summed E-state index contributed by atoms with van der Waals surface area (Å²) in [6.45, 7) is 9.00. The van der Waals surface area contributed by atoms with Gasteiger partial charge in [-0.1, -0.05) is 64.1 Å². The van der Waals surface area contributed by atoms with E-state index < -0.39 is 0 Å². The molecule has 1 nitrogen and oxygen atoms in total. The zero-order chi connectivity index (χ0) is 15.0. The van der Waals surface area contributed by atoms with E-state index in [0.717, 1.165) is 12.8 Å². The van der Waals surface area contributed by atoms with Gasteiger partial charge in [0.25, 0.3) is 0 Å². The van der Waals surface area contributed by atoms with E-state index in [2.05, 4.69) is 75.5 Å². The van der Waals surface area contributed by atoms with Crippen LogP contribution >= 0.6 is 0 Å². The fraction of sp³-hybridized carbons (Fsp3) is 0.400. The van der Waals surface area contributed by atoms with E-state index in [1.165, 1.54) is 27.9 Å². The van der Waals surface area contributed by atoms with Gasteiger partial charge in [0, 0.05) is 5.69 Å². The predicted molar refractivity (Wildman–Crippen MR) is 91.0 cm³/mol. The first kappa shape index (κ1) is 14.2. The van der Waals surface area contributed by atoms with Crippen LogP contribution in [0.25, 0.3) is 0 Å². The fourth-order valence-corrected chi connectivity index (χ4v) is 3.05. The molecule has 0 amide bonds. The summed E-state index contributed by atoms with van der Waals surface area (Å²) in [5.74, 6) is 0. The number of benzene rings is 2. The van der Waals surface area contributed by atoms with Gasteiger partial charge in [0.1, 0.15) is 0 Å². The Morgan fingerprint density at radius 2 is 1.76 bits per heavy atom. The molecule has 0 aliphatic carbocycles. The molecular weight excluding hydrogens is 254 g/mol. The van der Waals surface area contributed by atoms with Crippen molar-refractivity contribution in [2.24, 2.45) is 0 Å². The molecule has 0 bridgehead atoms. The molecule has 2 aromatic rings. The zero-order valence-electron chi connectivity index (χ0n) is 13.5. The summed E-state index contributed by atoms with van der Waals surface area (Å²) in [6, 6.07) is 16.4. The van der Waals surface area contributed by atoms with Crippen LogP contribution in [0, 0.1) is 0 Å². The van der Waals surface area contributed by atoms with Crippen molar-refractivity contribution in [2.45, 2.75) is 52.0 Å². The molecule has 110 valence electrons. The fourth-order valence-electron chi connectivity index (χ4n) is 3.05. The summed E-state index contributed by atoms with van der Waals surface area (Å²) < 4.78 is 0. The van der Waals surface area contributed by atoms with Gasteiger partial charge >= 0.3 is 0 Å². The minimum absolute atomic E-state index is 0.223. The topological polar surface area (TPSA) is 12.0 Å². The van der Waals surface area contributed by atoms with Crippen LogP contribution in [0.15, 0.2) is 42.5 Å². The molecule has 1 heteroatoms. The molecular formula is C20H25N. The number of hydrogen-bond acceptors (Lipinski definition) is 1. The molecule has 0 saturated heterocycles. The van der Waals surface area contributed by atoms with E-state index in [-0.39, 0.29) is 5.41 Å². The maximum atomic E-state index is 3.66. The molecule has 1 atom stereocenters. The Morgan fingerprint density at radius 1 is 1.05 bits per heavy atom. The van der Waals surface area contributed by atoms with Gasteiger partial charge in [-0.2, -0.15) is 0 Å². The van der Waals surface area contributed by atoms with Crippen LogP contribution in [-0.4, -0.2) is 0 Å². The van der Waals surface area contributed by atoms with Crippen molar-refractivity contribution in [1.29, 1.82) is 0 Å². The lowest BCUT2D eigenvalue weighted by Gasteiger charge is -2.20. The molecule has 1 unspecified atom stereocenters. The van der Waals surface area contributed by atoms with Gasteiger partial charge in [-0.05, 0) is 46.6 Å². The summed E-state index contributed by atoms with van der Waals surface area (Å²) in [4.78, 5) is 0. The Kier molecular flexibility index (Phi) is 3.52. The minimum Gasteiger partial charge on any atom is -0.378 e. The summed E-state index contributed by atoms with van der Waals surface area (Å²) in [5, 5.41) is 3.66. The molecule has 1 heterocycles. The monoisotopic (exact) mass is 279 g/mol. The van der Waals surface area contributed by atoms with E-state index >= 15 is 0 Å². The van der Waals surface area contributed by atoms with Gasteiger partial charge in [-0.15, -0.1) is 0 Å². The normalized spacial score (nSPS) is 17.4. The lowest BCUT2D eigenvalue weighted by molar-refractivity contribution is 0.589. The highest BCUT2D eigenvalue weighted by molar-refractivity contribution is 5.59. The molecule has 1 aliphatic heterocycles.